The first-order valence-corrected chi connectivity index (χ1v) is 10.5. The fraction of sp³-hybridized carbons (Fsp3) is 0.381. The Bertz CT molecular complexity index is 1220. The van der Waals surface area contributed by atoms with Crippen LogP contribution in [0.3, 0.4) is 0 Å². The second-order valence-corrected chi connectivity index (χ2v) is 7.80. The van der Waals surface area contributed by atoms with Gasteiger partial charge in [-0.3, -0.25) is 9.50 Å². The summed E-state index contributed by atoms with van der Waals surface area (Å²) in [6.07, 6.45) is 5.73. The summed E-state index contributed by atoms with van der Waals surface area (Å²) < 4.78 is 27.8. The van der Waals surface area contributed by atoms with Gasteiger partial charge in [-0.15, -0.1) is 0 Å². The standard InChI is InChI=1S/C21H22F2N8O/c22-20(23)16-12-31-17(9-26-19(31)10-25-16)21-24-5-3-18(27-21)30-6-1-2-13(11-30)15-8-14(4-7-32)28-29-15/h3,5,8-10,12-13,20,32H,1-2,4,6-7,11H2,(H,28,29). The van der Waals surface area contributed by atoms with Gasteiger partial charge < -0.3 is 10.0 Å². The number of nitrogens with zero attached hydrogens (tertiary/aromatic N) is 7. The maximum atomic E-state index is 13.1. The number of fused-ring (bicyclic) bond motifs is 1. The number of aromatic amines is 1. The summed E-state index contributed by atoms with van der Waals surface area (Å²) in [5, 5.41) is 16.5. The zero-order valence-corrected chi connectivity index (χ0v) is 17.2. The number of hydrogen-bond donors (Lipinski definition) is 2. The number of aromatic nitrogens is 7. The summed E-state index contributed by atoms with van der Waals surface area (Å²) in [7, 11) is 0. The van der Waals surface area contributed by atoms with Gasteiger partial charge in [-0.05, 0) is 25.0 Å². The number of rotatable bonds is 6. The van der Waals surface area contributed by atoms with E-state index in [2.05, 4.69) is 30.0 Å². The summed E-state index contributed by atoms with van der Waals surface area (Å²) in [5.74, 6) is 1.43. The van der Waals surface area contributed by atoms with Gasteiger partial charge in [0.25, 0.3) is 6.43 Å². The Morgan fingerprint density at radius 1 is 1.22 bits per heavy atom. The van der Waals surface area contributed by atoms with Crippen molar-refractivity contribution in [3.05, 3.63) is 54.0 Å². The number of aliphatic hydroxyl groups excluding tert-OH is 1. The van der Waals surface area contributed by atoms with E-state index in [1.807, 2.05) is 12.1 Å². The Morgan fingerprint density at radius 2 is 2.12 bits per heavy atom. The molecule has 5 rings (SSSR count). The molecule has 0 radical (unpaired) electrons. The highest BCUT2D eigenvalue weighted by Gasteiger charge is 2.25. The van der Waals surface area contributed by atoms with E-state index in [4.69, 9.17) is 10.1 Å². The minimum Gasteiger partial charge on any atom is -0.396 e. The Labute approximate surface area is 182 Å². The molecule has 0 aromatic carbocycles. The van der Waals surface area contributed by atoms with Gasteiger partial charge in [-0.1, -0.05) is 0 Å². The highest BCUT2D eigenvalue weighted by Crippen LogP contribution is 2.29. The molecule has 0 amide bonds. The normalized spacial score (nSPS) is 16.9. The van der Waals surface area contributed by atoms with Gasteiger partial charge in [0.15, 0.2) is 11.5 Å². The van der Waals surface area contributed by atoms with E-state index in [0.717, 1.165) is 43.1 Å². The molecule has 1 aliphatic heterocycles. The van der Waals surface area contributed by atoms with E-state index in [9.17, 15) is 8.78 Å². The zero-order valence-electron chi connectivity index (χ0n) is 17.2. The first-order chi connectivity index (χ1) is 15.6. The SMILES string of the molecule is OCCc1cc(C2CCCN(c3ccnc(-c4cnc5cnc(C(F)F)cn45)n3)C2)n[nH]1. The zero-order chi connectivity index (χ0) is 22.1. The highest BCUT2D eigenvalue weighted by atomic mass is 19.3. The topological polar surface area (TPSA) is 108 Å². The molecule has 1 saturated heterocycles. The average Bonchev–Trinajstić information content (AvgIpc) is 3.46. The third kappa shape index (κ3) is 3.91. The second-order valence-electron chi connectivity index (χ2n) is 7.80. The van der Waals surface area contributed by atoms with E-state index < -0.39 is 6.43 Å². The predicted octanol–water partition coefficient (Wildman–Crippen LogP) is 2.77. The molecule has 5 heterocycles. The van der Waals surface area contributed by atoms with Crippen molar-refractivity contribution in [2.75, 3.05) is 24.6 Å². The molecule has 4 aromatic heterocycles. The van der Waals surface area contributed by atoms with Crippen molar-refractivity contribution < 1.29 is 13.9 Å². The molecule has 0 spiro atoms. The van der Waals surface area contributed by atoms with Crippen molar-refractivity contribution in [3.8, 4) is 11.5 Å². The number of alkyl halides is 2. The van der Waals surface area contributed by atoms with E-state index in [1.54, 1.807) is 16.8 Å². The third-order valence-corrected chi connectivity index (χ3v) is 5.71. The van der Waals surface area contributed by atoms with Gasteiger partial charge >= 0.3 is 0 Å². The number of hydrogen-bond acceptors (Lipinski definition) is 7. The average molecular weight is 440 g/mol. The number of halogens is 2. The number of piperidine rings is 1. The van der Waals surface area contributed by atoms with Crippen molar-refractivity contribution in [3.63, 3.8) is 0 Å². The molecule has 4 aromatic rings. The van der Waals surface area contributed by atoms with Crippen LogP contribution < -0.4 is 4.90 Å². The van der Waals surface area contributed by atoms with Crippen LogP contribution in [0.1, 0.15) is 42.3 Å². The smallest absolute Gasteiger partial charge is 0.281 e. The molecule has 1 aliphatic rings. The Kier molecular flexibility index (Phi) is 5.48. The minimum absolute atomic E-state index is 0.0836. The molecule has 9 nitrogen and oxygen atoms in total. The number of aliphatic hydroxyl groups is 1. The Hall–Kier alpha value is -3.47. The molecule has 1 fully saturated rings. The van der Waals surface area contributed by atoms with Crippen LogP contribution in [0.2, 0.25) is 0 Å². The monoisotopic (exact) mass is 440 g/mol. The lowest BCUT2D eigenvalue weighted by Gasteiger charge is -2.32. The minimum atomic E-state index is -2.67. The van der Waals surface area contributed by atoms with Gasteiger partial charge in [-0.2, -0.15) is 5.10 Å². The molecule has 0 aliphatic carbocycles. The van der Waals surface area contributed by atoms with Crippen LogP contribution in [-0.2, 0) is 6.42 Å². The Morgan fingerprint density at radius 3 is 2.97 bits per heavy atom. The molecule has 1 atom stereocenters. The van der Waals surface area contributed by atoms with Crippen molar-refractivity contribution >= 4 is 11.5 Å². The quantitative estimate of drug-likeness (QED) is 0.475. The third-order valence-electron chi connectivity index (χ3n) is 5.71. The molecular formula is C21H22F2N8O. The first-order valence-electron chi connectivity index (χ1n) is 10.5. The molecule has 1 unspecified atom stereocenters. The summed E-state index contributed by atoms with van der Waals surface area (Å²) in [4.78, 5) is 19.2. The fourth-order valence-corrected chi connectivity index (χ4v) is 4.09. The largest absolute Gasteiger partial charge is 0.396 e. The molecule has 0 bridgehead atoms. The van der Waals surface area contributed by atoms with Crippen LogP contribution in [0.15, 0.2) is 36.9 Å². The van der Waals surface area contributed by atoms with Gasteiger partial charge in [-0.25, -0.2) is 28.7 Å². The van der Waals surface area contributed by atoms with Crippen LogP contribution in [0.4, 0.5) is 14.6 Å². The number of anilines is 1. The van der Waals surface area contributed by atoms with E-state index in [-0.39, 0.29) is 18.2 Å². The van der Waals surface area contributed by atoms with Gasteiger partial charge in [0.2, 0.25) is 0 Å². The van der Waals surface area contributed by atoms with Crippen molar-refractivity contribution in [2.24, 2.45) is 0 Å². The van der Waals surface area contributed by atoms with Crippen LogP contribution in [0.5, 0.6) is 0 Å². The summed E-state index contributed by atoms with van der Waals surface area (Å²) in [6.45, 7) is 1.69. The van der Waals surface area contributed by atoms with Gasteiger partial charge in [0.05, 0.1) is 18.1 Å². The predicted molar refractivity (Wildman–Crippen MR) is 113 cm³/mol. The van der Waals surface area contributed by atoms with Gasteiger partial charge in [0.1, 0.15) is 17.2 Å². The molecule has 32 heavy (non-hydrogen) atoms. The fourth-order valence-electron chi connectivity index (χ4n) is 4.09. The maximum Gasteiger partial charge on any atom is 0.281 e. The summed E-state index contributed by atoms with van der Waals surface area (Å²) in [5.41, 5.74) is 2.57. The lowest BCUT2D eigenvalue weighted by Crippen LogP contribution is -2.35. The second kappa shape index (κ2) is 8.58. The van der Waals surface area contributed by atoms with E-state index in [0.29, 0.717) is 23.6 Å². The van der Waals surface area contributed by atoms with Crippen LogP contribution in [0, 0.1) is 0 Å². The number of nitrogens with one attached hydrogen (secondary N) is 1. The number of imidazole rings is 1. The van der Waals surface area contributed by atoms with E-state index in [1.165, 1.54) is 12.4 Å². The Balaban J connectivity index is 1.41. The molecule has 166 valence electrons. The highest BCUT2D eigenvalue weighted by molar-refractivity contribution is 5.58. The molecule has 2 N–H and O–H groups in total. The van der Waals surface area contributed by atoms with Crippen LogP contribution >= 0.6 is 0 Å². The first kappa shape index (κ1) is 20.4. The van der Waals surface area contributed by atoms with Crippen molar-refractivity contribution in [2.45, 2.75) is 31.6 Å². The van der Waals surface area contributed by atoms with Crippen molar-refractivity contribution in [1.29, 1.82) is 0 Å². The van der Waals surface area contributed by atoms with Gasteiger partial charge in [0, 0.05) is 50.1 Å². The van der Waals surface area contributed by atoms with Crippen LogP contribution in [0.25, 0.3) is 17.2 Å². The lowest BCUT2D eigenvalue weighted by atomic mass is 9.94. The molecule has 0 saturated carbocycles. The lowest BCUT2D eigenvalue weighted by molar-refractivity contribution is 0.145. The van der Waals surface area contributed by atoms with E-state index >= 15 is 0 Å². The maximum absolute atomic E-state index is 13.1. The van der Waals surface area contributed by atoms with Crippen molar-refractivity contribution in [1.82, 2.24) is 34.5 Å². The summed E-state index contributed by atoms with van der Waals surface area (Å²) >= 11 is 0. The van der Waals surface area contributed by atoms with Crippen LogP contribution in [-0.4, -0.2) is 59.3 Å². The summed E-state index contributed by atoms with van der Waals surface area (Å²) in [6, 6.07) is 3.87. The molecule has 11 heteroatoms. The molecular weight excluding hydrogens is 418 g/mol. The number of H-pyrrole nitrogens is 1.